The van der Waals surface area contributed by atoms with Crippen molar-refractivity contribution >= 4 is 11.5 Å². The topological polar surface area (TPSA) is 37.0 Å². The third-order valence-electron chi connectivity index (χ3n) is 3.39. The molecule has 0 amide bonds. The van der Waals surface area contributed by atoms with Crippen LogP contribution in [0.15, 0.2) is 12.1 Å². The second-order valence-electron chi connectivity index (χ2n) is 4.31. The van der Waals surface area contributed by atoms with Crippen LogP contribution in [0.25, 0.3) is 0 Å². The summed E-state index contributed by atoms with van der Waals surface area (Å²) in [7, 11) is 0. The second-order valence-corrected chi connectivity index (χ2v) is 4.31. The summed E-state index contributed by atoms with van der Waals surface area (Å²) in [4.78, 5) is 4.53. The average molecular weight is 205 g/mol. The largest absolute Gasteiger partial charge is 0.380 e. The second kappa shape index (κ2) is 3.72. The van der Waals surface area contributed by atoms with Crippen LogP contribution in [0, 0.1) is 6.92 Å². The molecule has 1 aromatic heterocycles. The SMILES string of the molecule is CCC1(CC)CNc2ccc(C)nc2N1. The van der Waals surface area contributed by atoms with E-state index in [9.17, 15) is 0 Å². The van der Waals surface area contributed by atoms with E-state index in [-0.39, 0.29) is 5.54 Å². The zero-order valence-electron chi connectivity index (χ0n) is 9.72. The first-order valence-electron chi connectivity index (χ1n) is 5.69. The molecule has 2 N–H and O–H groups in total. The Labute approximate surface area is 91.3 Å². The maximum absolute atomic E-state index is 4.53. The molecule has 0 unspecified atom stereocenters. The van der Waals surface area contributed by atoms with Crippen molar-refractivity contribution in [3.8, 4) is 0 Å². The van der Waals surface area contributed by atoms with Gasteiger partial charge in [0, 0.05) is 12.2 Å². The first kappa shape index (κ1) is 10.3. The van der Waals surface area contributed by atoms with Crippen LogP contribution in [0.5, 0.6) is 0 Å². The summed E-state index contributed by atoms with van der Waals surface area (Å²) in [5.74, 6) is 1.00. The molecule has 0 saturated heterocycles. The predicted octanol–water partition coefficient (Wildman–Crippen LogP) is 2.79. The molecule has 15 heavy (non-hydrogen) atoms. The van der Waals surface area contributed by atoms with Crippen LogP contribution in [-0.4, -0.2) is 17.1 Å². The van der Waals surface area contributed by atoms with E-state index in [1.165, 1.54) is 0 Å². The van der Waals surface area contributed by atoms with Crippen molar-refractivity contribution in [2.45, 2.75) is 39.2 Å². The fraction of sp³-hybridized carbons (Fsp3) is 0.583. The number of aromatic nitrogens is 1. The minimum absolute atomic E-state index is 0.174. The van der Waals surface area contributed by atoms with Gasteiger partial charge in [0.25, 0.3) is 0 Å². The summed E-state index contributed by atoms with van der Waals surface area (Å²) in [5, 5.41) is 7.03. The molecular formula is C12H19N3. The molecule has 0 aromatic carbocycles. The maximum atomic E-state index is 4.53. The first-order chi connectivity index (χ1) is 7.19. The van der Waals surface area contributed by atoms with E-state index < -0.39 is 0 Å². The standard InChI is InChI=1S/C12H19N3/c1-4-12(5-2)8-13-10-7-6-9(3)14-11(10)15-12/h6-7,13H,4-5,8H2,1-3H3,(H,14,15). The molecule has 3 nitrogen and oxygen atoms in total. The van der Waals surface area contributed by atoms with Gasteiger partial charge in [0.05, 0.1) is 11.2 Å². The number of fused-ring (bicyclic) bond motifs is 1. The summed E-state index contributed by atoms with van der Waals surface area (Å²) in [6.07, 6.45) is 2.23. The van der Waals surface area contributed by atoms with Gasteiger partial charge >= 0.3 is 0 Å². The Morgan fingerprint density at radius 2 is 2.07 bits per heavy atom. The van der Waals surface area contributed by atoms with E-state index in [0.717, 1.165) is 36.6 Å². The average Bonchev–Trinajstić information content (AvgIpc) is 2.28. The van der Waals surface area contributed by atoms with Crippen LogP contribution in [0.2, 0.25) is 0 Å². The Hall–Kier alpha value is -1.25. The number of aryl methyl sites for hydroxylation is 1. The fourth-order valence-electron chi connectivity index (χ4n) is 2.03. The lowest BCUT2D eigenvalue weighted by molar-refractivity contribution is 0.449. The van der Waals surface area contributed by atoms with Gasteiger partial charge in [-0.15, -0.1) is 0 Å². The lowest BCUT2D eigenvalue weighted by atomic mass is 9.91. The van der Waals surface area contributed by atoms with Gasteiger partial charge in [0.1, 0.15) is 5.82 Å². The number of anilines is 2. The zero-order chi connectivity index (χ0) is 10.9. The Kier molecular flexibility index (Phi) is 2.55. The molecule has 1 aliphatic heterocycles. The molecule has 0 aliphatic carbocycles. The zero-order valence-corrected chi connectivity index (χ0v) is 9.72. The Morgan fingerprint density at radius 1 is 1.33 bits per heavy atom. The van der Waals surface area contributed by atoms with Gasteiger partial charge in [-0.3, -0.25) is 0 Å². The van der Waals surface area contributed by atoms with Gasteiger partial charge in [-0.1, -0.05) is 13.8 Å². The molecule has 82 valence electrons. The summed E-state index contributed by atoms with van der Waals surface area (Å²) in [6, 6.07) is 4.14. The minimum atomic E-state index is 0.174. The van der Waals surface area contributed by atoms with Crippen LogP contribution in [-0.2, 0) is 0 Å². The lowest BCUT2D eigenvalue weighted by Gasteiger charge is -2.38. The number of pyridine rings is 1. The molecule has 3 heteroatoms. The van der Waals surface area contributed by atoms with Crippen LogP contribution in [0.4, 0.5) is 11.5 Å². The molecule has 1 aliphatic rings. The van der Waals surface area contributed by atoms with Crippen molar-refractivity contribution in [2.24, 2.45) is 0 Å². The molecule has 0 saturated carbocycles. The summed E-state index contributed by atoms with van der Waals surface area (Å²) in [5.41, 5.74) is 2.36. The lowest BCUT2D eigenvalue weighted by Crippen LogP contribution is -2.47. The van der Waals surface area contributed by atoms with Gasteiger partial charge in [-0.2, -0.15) is 0 Å². The van der Waals surface area contributed by atoms with E-state index in [0.29, 0.717) is 0 Å². The number of hydrogen-bond donors (Lipinski definition) is 2. The third kappa shape index (κ3) is 1.78. The molecule has 0 fully saturated rings. The number of nitrogens with one attached hydrogen (secondary N) is 2. The Balaban J connectivity index is 2.32. The van der Waals surface area contributed by atoms with Crippen molar-refractivity contribution in [1.82, 2.24) is 4.98 Å². The molecule has 0 bridgehead atoms. The summed E-state index contributed by atoms with van der Waals surface area (Å²) >= 11 is 0. The molecule has 2 heterocycles. The van der Waals surface area contributed by atoms with Crippen molar-refractivity contribution in [1.29, 1.82) is 0 Å². The summed E-state index contributed by atoms with van der Waals surface area (Å²) < 4.78 is 0. The van der Waals surface area contributed by atoms with Crippen molar-refractivity contribution in [3.63, 3.8) is 0 Å². The molecule has 2 rings (SSSR count). The molecule has 0 radical (unpaired) electrons. The Morgan fingerprint density at radius 3 is 2.73 bits per heavy atom. The van der Waals surface area contributed by atoms with Gasteiger partial charge in [0.2, 0.25) is 0 Å². The van der Waals surface area contributed by atoms with Gasteiger partial charge in [-0.05, 0) is 31.9 Å². The van der Waals surface area contributed by atoms with Gasteiger partial charge < -0.3 is 10.6 Å². The quantitative estimate of drug-likeness (QED) is 0.779. The van der Waals surface area contributed by atoms with E-state index in [1.54, 1.807) is 0 Å². The van der Waals surface area contributed by atoms with Crippen molar-refractivity contribution in [2.75, 3.05) is 17.2 Å². The number of nitrogens with zero attached hydrogens (tertiary/aromatic N) is 1. The molecular weight excluding hydrogens is 186 g/mol. The predicted molar refractivity (Wildman–Crippen MR) is 64.4 cm³/mol. The van der Waals surface area contributed by atoms with E-state index >= 15 is 0 Å². The number of hydrogen-bond acceptors (Lipinski definition) is 3. The van der Waals surface area contributed by atoms with E-state index in [4.69, 9.17) is 0 Å². The maximum Gasteiger partial charge on any atom is 0.150 e. The van der Waals surface area contributed by atoms with Crippen LogP contribution in [0.1, 0.15) is 32.4 Å². The highest BCUT2D eigenvalue weighted by Gasteiger charge is 2.30. The normalized spacial score (nSPS) is 17.5. The van der Waals surface area contributed by atoms with Gasteiger partial charge in [-0.25, -0.2) is 4.98 Å². The first-order valence-corrected chi connectivity index (χ1v) is 5.69. The smallest absolute Gasteiger partial charge is 0.150 e. The highest BCUT2D eigenvalue weighted by atomic mass is 15.2. The van der Waals surface area contributed by atoms with Crippen LogP contribution in [0.3, 0.4) is 0 Å². The fourth-order valence-corrected chi connectivity index (χ4v) is 2.03. The minimum Gasteiger partial charge on any atom is -0.380 e. The number of rotatable bonds is 2. The Bertz CT molecular complexity index is 356. The van der Waals surface area contributed by atoms with E-state index in [1.807, 2.05) is 13.0 Å². The van der Waals surface area contributed by atoms with Gasteiger partial charge in [0.15, 0.2) is 0 Å². The molecule has 1 aromatic rings. The van der Waals surface area contributed by atoms with Crippen molar-refractivity contribution in [3.05, 3.63) is 17.8 Å². The molecule has 0 spiro atoms. The van der Waals surface area contributed by atoms with E-state index in [2.05, 4.69) is 35.5 Å². The summed E-state index contributed by atoms with van der Waals surface area (Å²) in [6.45, 7) is 7.45. The van der Waals surface area contributed by atoms with Crippen LogP contribution >= 0.6 is 0 Å². The van der Waals surface area contributed by atoms with Crippen LogP contribution < -0.4 is 10.6 Å². The van der Waals surface area contributed by atoms with Crippen molar-refractivity contribution < 1.29 is 0 Å². The highest BCUT2D eigenvalue weighted by molar-refractivity contribution is 5.68. The third-order valence-corrected chi connectivity index (χ3v) is 3.39. The highest BCUT2D eigenvalue weighted by Crippen LogP contribution is 2.31. The monoisotopic (exact) mass is 205 g/mol. The molecule has 0 atom stereocenters.